The molecule has 100 valence electrons. The van der Waals surface area contributed by atoms with E-state index in [1.807, 2.05) is 12.3 Å². The van der Waals surface area contributed by atoms with Crippen LogP contribution in [-0.4, -0.2) is 48.1 Å². The zero-order valence-electron chi connectivity index (χ0n) is 11.4. The second kappa shape index (κ2) is 6.16. The number of aromatic nitrogens is 1. The minimum absolute atomic E-state index is 0.261. The quantitative estimate of drug-likeness (QED) is 0.830. The van der Waals surface area contributed by atoms with Gasteiger partial charge in [0.05, 0.1) is 5.69 Å². The molecular formula is C14H24N4. The molecule has 4 nitrogen and oxygen atoms in total. The summed E-state index contributed by atoms with van der Waals surface area (Å²) < 4.78 is 0. The van der Waals surface area contributed by atoms with Gasteiger partial charge in [-0.15, -0.1) is 0 Å². The summed E-state index contributed by atoms with van der Waals surface area (Å²) in [7, 11) is 0. The summed E-state index contributed by atoms with van der Waals surface area (Å²) >= 11 is 0. The number of nitrogens with zero attached hydrogens (tertiary/aromatic N) is 2. The average Bonchev–Trinajstić information content (AvgIpc) is 2.41. The molecule has 2 rings (SSSR count). The summed E-state index contributed by atoms with van der Waals surface area (Å²) in [6.45, 7) is 10.2. The molecule has 1 fully saturated rings. The van der Waals surface area contributed by atoms with Crippen molar-refractivity contribution in [3.8, 4) is 0 Å². The van der Waals surface area contributed by atoms with Crippen LogP contribution >= 0.6 is 0 Å². The van der Waals surface area contributed by atoms with Gasteiger partial charge in [-0.1, -0.05) is 0 Å². The van der Waals surface area contributed by atoms with Crippen LogP contribution in [0.15, 0.2) is 24.5 Å². The Morgan fingerprint density at radius 2 is 2.17 bits per heavy atom. The van der Waals surface area contributed by atoms with E-state index in [0.29, 0.717) is 0 Å². The fourth-order valence-electron chi connectivity index (χ4n) is 2.41. The summed E-state index contributed by atoms with van der Waals surface area (Å²) in [6.07, 6.45) is 4.82. The predicted octanol–water partition coefficient (Wildman–Crippen LogP) is 1.57. The Kier molecular flexibility index (Phi) is 4.55. The molecule has 0 aliphatic carbocycles. The molecule has 0 bridgehead atoms. The van der Waals surface area contributed by atoms with Crippen LogP contribution in [0.1, 0.15) is 20.3 Å². The van der Waals surface area contributed by atoms with E-state index >= 15 is 0 Å². The SMILES string of the molecule is CC(C)(CCNc1cccnc1)N1CCNCC1. The van der Waals surface area contributed by atoms with E-state index in [4.69, 9.17) is 0 Å². The summed E-state index contributed by atoms with van der Waals surface area (Å²) in [5.74, 6) is 0. The maximum Gasteiger partial charge on any atom is 0.0526 e. The number of rotatable bonds is 5. The topological polar surface area (TPSA) is 40.2 Å². The molecule has 1 aromatic heterocycles. The molecule has 0 radical (unpaired) electrons. The van der Waals surface area contributed by atoms with Crippen molar-refractivity contribution in [3.05, 3.63) is 24.5 Å². The minimum atomic E-state index is 0.261. The van der Waals surface area contributed by atoms with Crippen molar-refractivity contribution in [2.75, 3.05) is 38.0 Å². The Morgan fingerprint density at radius 1 is 1.39 bits per heavy atom. The highest BCUT2D eigenvalue weighted by Gasteiger charge is 2.26. The van der Waals surface area contributed by atoms with Crippen molar-refractivity contribution in [2.45, 2.75) is 25.8 Å². The van der Waals surface area contributed by atoms with E-state index in [1.54, 1.807) is 6.20 Å². The number of piperazine rings is 1. The maximum absolute atomic E-state index is 4.11. The third kappa shape index (κ3) is 3.68. The predicted molar refractivity (Wildman–Crippen MR) is 75.9 cm³/mol. The van der Waals surface area contributed by atoms with Gasteiger partial charge in [0.2, 0.25) is 0 Å². The molecule has 4 heteroatoms. The van der Waals surface area contributed by atoms with Crippen LogP contribution in [0, 0.1) is 0 Å². The van der Waals surface area contributed by atoms with Crippen molar-refractivity contribution in [3.63, 3.8) is 0 Å². The minimum Gasteiger partial charge on any atom is -0.384 e. The summed E-state index contributed by atoms with van der Waals surface area (Å²) in [5, 5.41) is 6.84. The fourth-order valence-corrected chi connectivity index (χ4v) is 2.41. The van der Waals surface area contributed by atoms with Crippen LogP contribution in [0.3, 0.4) is 0 Å². The first-order chi connectivity index (χ1) is 8.68. The number of hydrogen-bond acceptors (Lipinski definition) is 4. The Bertz CT molecular complexity index is 344. The van der Waals surface area contributed by atoms with E-state index in [0.717, 1.165) is 44.8 Å². The Balaban J connectivity index is 1.77. The van der Waals surface area contributed by atoms with E-state index in [-0.39, 0.29) is 5.54 Å². The smallest absolute Gasteiger partial charge is 0.0526 e. The molecule has 2 heterocycles. The second-order valence-corrected chi connectivity index (χ2v) is 5.47. The standard InChI is InChI=1S/C14H24N4/c1-14(2,18-10-8-15-9-11-18)5-7-17-13-4-3-6-16-12-13/h3-4,6,12,15,17H,5,7-11H2,1-2H3. The first-order valence-corrected chi connectivity index (χ1v) is 6.78. The van der Waals surface area contributed by atoms with Gasteiger partial charge in [0.15, 0.2) is 0 Å². The molecule has 1 aliphatic rings. The van der Waals surface area contributed by atoms with Crippen LogP contribution < -0.4 is 10.6 Å². The highest BCUT2D eigenvalue weighted by atomic mass is 15.2. The second-order valence-electron chi connectivity index (χ2n) is 5.47. The van der Waals surface area contributed by atoms with E-state index in [9.17, 15) is 0 Å². The average molecular weight is 248 g/mol. The first kappa shape index (κ1) is 13.3. The Labute approximate surface area is 110 Å². The molecule has 0 aromatic carbocycles. The van der Waals surface area contributed by atoms with Gasteiger partial charge >= 0.3 is 0 Å². The monoisotopic (exact) mass is 248 g/mol. The van der Waals surface area contributed by atoms with Crippen molar-refractivity contribution in [1.29, 1.82) is 0 Å². The zero-order valence-corrected chi connectivity index (χ0v) is 11.4. The van der Waals surface area contributed by atoms with Gasteiger partial charge in [-0.3, -0.25) is 9.88 Å². The molecule has 18 heavy (non-hydrogen) atoms. The Hall–Kier alpha value is -1.13. The van der Waals surface area contributed by atoms with Crippen molar-refractivity contribution in [1.82, 2.24) is 15.2 Å². The summed E-state index contributed by atoms with van der Waals surface area (Å²) in [4.78, 5) is 6.69. The normalized spacial score (nSPS) is 17.7. The number of nitrogens with one attached hydrogen (secondary N) is 2. The van der Waals surface area contributed by atoms with Crippen LogP contribution in [-0.2, 0) is 0 Å². The van der Waals surface area contributed by atoms with Gasteiger partial charge in [0, 0.05) is 50.7 Å². The highest BCUT2D eigenvalue weighted by Crippen LogP contribution is 2.19. The van der Waals surface area contributed by atoms with E-state index < -0.39 is 0 Å². The number of hydrogen-bond donors (Lipinski definition) is 2. The van der Waals surface area contributed by atoms with Gasteiger partial charge < -0.3 is 10.6 Å². The molecule has 0 atom stereocenters. The van der Waals surface area contributed by atoms with Crippen LogP contribution in [0.2, 0.25) is 0 Å². The van der Waals surface area contributed by atoms with E-state index in [2.05, 4.69) is 40.4 Å². The summed E-state index contributed by atoms with van der Waals surface area (Å²) in [6, 6.07) is 4.02. The molecule has 1 saturated heterocycles. The van der Waals surface area contributed by atoms with Crippen molar-refractivity contribution >= 4 is 5.69 Å². The fraction of sp³-hybridized carbons (Fsp3) is 0.643. The highest BCUT2D eigenvalue weighted by molar-refractivity contribution is 5.39. The van der Waals surface area contributed by atoms with Crippen molar-refractivity contribution in [2.24, 2.45) is 0 Å². The van der Waals surface area contributed by atoms with Gasteiger partial charge in [-0.05, 0) is 32.4 Å². The number of anilines is 1. The van der Waals surface area contributed by atoms with Gasteiger partial charge in [0.25, 0.3) is 0 Å². The van der Waals surface area contributed by atoms with Crippen LogP contribution in [0.25, 0.3) is 0 Å². The van der Waals surface area contributed by atoms with E-state index in [1.165, 1.54) is 0 Å². The molecule has 0 spiro atoms. The lowest BCUT2D eigenvalue weighted by molar-refractivity contribution is 0.0987. The molecule has 2 N–H and O–H groups in total. The zero-order chi connectivity index (χ0) is 12.8. The molecule has 1 aliphatic heterocycles. The first-order valence-electron chi connectivity index (χ1n) is 6.78. The largest absolute Gasteiger partial charge is 0.384 e. The van der Waals surface area contributed by atoms with Crippen LogP contribution in [0.4, 0.5) is 5.69 Å². The van der Waals surface area contributed by atoms with Gasteiger partial charge in [0.1, 0.15) is 0 Å². The lowest BCUT2D eigenvalue weighted by atomic mass is 9.97. The Morgan fingerprint density at radius 3 is 2.83 bits per heavy atom. The molecular weight excluding hydrogens is 224 g/mol. The molecule has 0 saturated carbocycles. The van der Waals surface area contributed by atoms with Crippen molar-refractivity contribution < 1.29 is 0 Å². The number of pyridine rings is 1. The maximum atomic E-state index is 4.11. The summed E-state index contributed by atoms with van der Waals surface area (Å²) in [5.41, 5.74) is 1.37. The molecule has 1 aromatic rings. The molecule has 0 amide bonds. The lowest BCUT2D eigenvalue weighted by Crippen LogP contribution is -2.53. The lowest BCUT2D eigenvalue weighted by Gasteiger charge is -2.41. The van der Waals surface area contributed by atoms with Crippen LogP contribution in [0.5, 0.6) is 0 Å². The third-order valence-electron chi connectivity index (χ3n) is 3.70. The third-order valence-corrected chi connectivity index (χ3v) is 3.70. The van der Waals surface area contributed by atoms with Gasteiger partial charge in [-0.25, -0.2) is 0 Å². The molecule has 0 unspecified atom stereocenters. The van der Waals surface area contributed by atoms with Gasteiger partial charge in [-0.2, -0.15) is 0 Å².